The first-order valence-electron chi connectivity index (χ1n) is 4.51. The van der Waals surface area contributed by atoms with Crippen molar-refractivity contribution in [1.82, 2.24) is 0 Å². The van der Waals surface area contributed by atoms with Gasteiger partial charge in [-0.3, -0.25) is 0 Å². The normalized spacial score (nSPS) is 12.8. The average Bonchev–Trinajstić information content (AvgIpc) is 2.67. The van der Waals surface area contributed by atoms with E-state index in [4.69, 9.17) is 5.73 Å². The molecule has 2 aromatic rings. The summed E-state index contributed by atoms with van der Waals surface area (Å²) in [6.45, 7) is 0. The third-order valence-electron chi connectivity index (χ3n) is 2.27. The molecule has 84 valence electrons. The molecule has 0 radical (unpaired) electrons. The highest BCUT2D eigenvalue weighted by Crippen LogP contribution is 2.33. The Labute approximate surface area is 114 Å². The molecule has 0 fully saturated rings. The molecular formula is C11H8Br2FNS. The van der Waals surface area contributed by atoms with Gasteiger partial charge in [-0.1, -0.05) is 15.9 Å². The van der Waals surface area contributed by atoms with Crippen molar-refractivity contribution in [2.75, 3.05) is 0 Å². The van der Waals surface area contributed by atoms with Crippen LogP contribution in [0.1, 0.15) is 17.2 Å². The predicted octanol–water partition coefficient (Wildman–Crippen LogP) is 4.46. The fourth-order valence-corrected chi connectivity index (χ4v) is 3.51. The predicted molar refractivity (Wildman–Crippen MR) is 72.1 cm³/mol. The summed E-state index contributed by atoms with van der Waals surface area (Å²) < 4.78 is 14.9. The number of rotatable bonds is 2. The lowest BCUT2D eigenvalue weighted by Crippen LogP contribution is -2.12. The Hall–Kier alpha value is -0.230. The van der Waals surface area contributed by atoms with Crippen molar-refractivity contribution in [3.05, 3.63) is 54.8 Å². The summed E-state index contributed by atoms with van der Waals surface area (Å²) in [5, 5.41) is 3.93. The maximum atomic E-state index is 13.2. The van der Waals surface area contributed by atoms with Crippen LogP contribution >= 0.6 is 43.2 Å². The van der Waals surface area contributed by atoms with Gasteiger partial charge in [0.2, 0.25) is 0 Å². The minimum Gasteiger partial charge on any atom is -0.320 e. The van der Waals surface area contributed by atoms with Crippen molar-refractivity contribution in [3.8, 4) is 0 Å². The molecule has 0 saturated heterocycles. The number of nitrogens with two attached hydrogens (primary N) is 1. The van der Waals surface area contributed by atoms with E-state index in [1.807, 2.05) is 10.8 Å². The molecule has 1 aromatic heterocycles. The van der Waals surface area contributed by atoms with Crippen LogP contribution in [-0.4, -0.2) is 0 Å². The Kier molecular flexibility index (Phi) is 3.79. The van der Waals surface area contributed by atoms with Gasteiger partial charge >= 0.3 is 0 Å². The van der Waals surface area contributed by atoms with E-state index in [9.17, 15) is 4.39 Å². The summed E-state index contributed by atoms with van der Waals surface area (Å²) >= 11 is 8.37. The van der Waals surface area contributed by atoms with Crippen LogP contribution in [0.5, 0.6) is 0 Å². The molecule has 16 heavy (non-hydrogen) atoms. The number of thiophene rings is 1. The van der Waals surface area contributed by atoms with Crippen LogP contribution in [0.15, 0.2) is 37.9 Å². The molecule has 0 saturated carbocycles. The summed E-state index contributed by atoms with van der Waals surface area (Å²) in [5.74, 6) is -0.278. The molecule has 1 heterocycles. The maximum Gasteiger partial charge on any atom is 0.123 e. The highest BCUT2D eigenvalue weighted by Gasteiger charge is 2.16. The van der Waals surface area contributed by atoms with Gasteiger partial charge in [-0.2, -0.15) is 11.3 Å². The zero-order chi connectivity index (χ0) is 11.7. The van der Waals surface area contributed by atoms with Crippen molar-refractivity contribution in [1.29, 1.82) is 0 Å². The zero-order valence-corrected chi connectivity index (χ0v) is 12.1. The SMILES string of the molecule is NC(c1cscc1Br)c1cc(F)ccc1Br. The van der Waals surface area contributed by atoms with Crippen LogP contribution in [-0.2, 0) is 0 Å². The lowest BCUT2D eigenvalue weighted by atomic mass is 10.0. The Balaban J connectivity index is 2.45. The zero-order valence-electron chi connectivity index (χ0n) is 8.08. The smallest absolute Gasteiger partial charge is 0.123 e. The second kappa shape index (κ2) is 4.96. The minimum absolute atomic E-state index is 0.278. The van der Waals surface area contributed by atoms with E-state index in [0.717, 1.165) is 20.1 Å². The molecule has 2 rings (SSSR count). The first-order valence-corrected chi connectivity index (χ1v) is 7.04. The summed E-state index contributed by atoms with van der Waals surface area (Å²) in [5.41, 5.74) is 7.83. The molecule has 5 heteroatoms. The minimum atomic E-state index is -0.328. The Morgan fingerprint density at radius 1 is 1.12 bits per heavy atom. The highest BCUT2D eigenvalue weighted by atomic mass is 79.9. The molecule has 0 bridgehead atoms. The van der Waals surface area contributed by atoms with Gasteiger partial charge < -0.3 is 5.73 Å². The van der Waals surface area contributed by atoms with E-state index in [2.05, 4.69) is 31.9 Å². The lowest BCUT2D eigenvalue weighted by Gasteiger charge is -2.13. The van der Waals surface area contributed by atoms with Crippen LogP contribution in [0.2, 0.25) is 0 Å². The quantitative estimate of drug-likeness (QED) is 0.836. The molecule has 0 spiro atoms. The van der Waals surface area contributed by atoms with Gasteiger partial charge in [-0.15, -0.1) is 0 Å². The number of hydrogen-bond donors (Lipinski definition) is 1. The summed E-state index contributed by atoms with van der Waals surface area (Å²) in [6, 6.07) is 4.21. The largest absolute Gasteiger partial charge is 0.320 e. The third kappa shape index (κ3) is 2.37. The standard InChI is InChI=1S/C11H8Br2FNS/c12-9-2-1-6(14)3-7(9)11(15)8-4-16-5-10(8)13/h1-5,11H,15H2. The topological polar surface area (TPSA) is 26.0 Å². The van der Waals surface area contributed by atoms with Gasteiger partial charge in [0.15, 0.2) is 0 Å². The lowest BCUT2D eigenvalue weighted by molar-refractivity contribution is 0.623. The van der Waals surface area contributed by atoms with Crippen molar-refractivity contribution in [2.45, 2.75) is 6.04 Å². The van der Waals surface area contributed by atoms with Gasteiger partial charge in [-0.25, -0.2) is 4.39 Å². The van der Waals surface area contributed by atoms with E-state index in [0.29, 0.717) is 0 Å². The second-order valence-electron chi connectivity index (χ2n) is 3.32. The first kappa shape index (κ1) is 12.2. The van der Waals surface area contributed by atoms with Crippen LogP contribution in [0.3, 0.4) is 0 Å². The average molecular weight is 365 g/mol. The van der Waals surface area contributed by atoms with E-state index in [1.54, 1.807) is 17.4 Å². The first-order chi connectivity index (χ1) is 7.59. The van der Waals surface area contributed by atoms with Crippen LogP contribution < -0.4 is 5.73 Å². The van der Waals surface area contributed by atoms with Crippen molar-refractivity contribution >= 4 is 43.2 Å². The Bertz CT molecular complexity index is 512. The van der Waals surface area contributed by atoms with Crippen LogP contribution in [0.25, 0.3) is 0 Å². The van der Waals surface area contributed by atoms with Gasteiger partial charge in [0.25, 0.3) is 0 Å². The van der Waals surface area contributed by atoms with Gasteiger partial charge in [0.1, 0.15) is 5.82 Å². The van der Waals surface area contributed by atoms with E-state index >= 15 is 0 Å². The fraction of sp³-hybridized carbons (Fsp3) is 0.0909. The van der Waals surface area contributed by atoms with Gasteiger partial charge in [0.05, 0.1) is 6.04 Å². The molecule has 0 aliphatic heterocycles. The Morgan fingerprint density at radius 3 is 2.50 bits per heavy atom. The molecule has 1 unspecified atom stereocenters. The summed E-state index contributed by atoms with van der Waals surface area (Å²) in [6.07, 6.45) is 0. The van der Waals surface area contributed by atoms with Gasteiger partial charge in [-0.05, 0) is 50.6 Å². The molecule has 0 amide bonds. The van der Waals surface area contributed by atoms with Crippen molar-refractivity contribution in [3.63, 3.8) is 0 Å². The summed E-state index contributed by atoms with van der Waals surface area (Å²) in [7, 11) is 0. The third-order valence-corrected chi connectivity index (χ3v) is 4.74. The highest BCUT2D eigenvalue weighted by molar-refractivity contribution is 9.10. The van der Waals surface area contributed by atoms with E-state index in [-0.39, 0.29) is 11.9 Å². The molecule has 1 atom stereocenters. The van der Waals surface area contributed by atoms with E-state index < -0.39 is 0 Å². The maximum absolute atomic E-state index is 13.2. The molecule has 0 aliphatic carbocycles. The van der Waals surface area contributed by atoms with E-state index in [1.165, 1.54) is 12.1 Å². The molecular weight excluding hydrogens is 357 g/mol. The second-order valence-corrected chi connectivity index (χ2v) is 5.77. The van der Waals surface area contributed by atoms with Crippen molar-refractivity contribution < 1.29 is 4.39 Å². The molecule has 1 nitrogen and oxygen atoms in total. The van der Waals surface area contributed by atoms with Gasteiger partial charge in [0, 0.05) is 14.3 Å². The monoisotopic (exact) mass is 363 g/mol. The van der Waals surface area contributed by atoms with Crippen LogP contribution in [0, 0.1) is 5.82 Å². The number of halogens is 3. The molecule has 2 N–H and O–H groups in total. The Morgan fingerprint density at radius 2 is 1.88 bits per heavy atom. The molecule has 1 aromatic carbocycles. The van der Waals surface area contributed by atoms with Crippen LogP contribution in [0.4, 0.5) is 4.39 Å². The molecule has 0 aliphatic rings. The fourth-order valence-electron chi connectivity index (χ4n) is 1.43. The number of benzene rings is 1. The summed E-state index contributed by atoms with van der Waals surface area (Å²) in [4.78, 5) is 0. The van der Waals surface area contributed by atoms with Crippen molar-refractivity contribution in [2.24, 2.45) is 5.73 Å². The number of hydrogen-bond acceptors (Lipinski definition) is 2.